The molecule has 0 N–H and O–H groups in total. The number of aryl methyl sites for hydroxylation is 2. The smallest absolute Gasteiger partial charge is 0.232 e. The van der Waals surface area contributed by atoms with E-state index >= 15 is 0 Å². The van der Waals surface area contributed by atoms with Gasteiger partial charge in [0, 0.05) is 13.2 Å². The predicted molar refractivity (Wildman–Crippen MR) is 58.9 cm³/mol. The summed E-state index contributed by atoms with van der Waals surface area (Å²) in [5.74, 6) is 0.321. The Bertz CT molecular complexity index is 531. The third kappa shape index (κ3) is 1.85. The van der Waals surface area contributed by atoms with Crippen LogP contribution >= 0.6 is 15.9 Å². The van der Waals surface area contributed by atoms with Crippen LogP contribution in [-0.4, -0.2) is 30.7 Å². The average Bonchev–Trinajstić information content (AvgIpc) is 2.58. The molecule has 0 spiro atoms. The third-order valence-corrected chi connectivity index (χ3v) is 2.54. The van der Waals surface area contributed by atoms with Crippen LogP contribution in [0, 0.1) is 6.92 Å². The van der Waals surface area contributed by atoms with Crippen LogP contribution < -0.4 is 0 Å². The second-order valence-electron chi connectivity index (χ2n) is 3.17. The molecule has 0 bridgehead atoms. The minimum absolute atomic E-state index is 0.232. The summed E-state index contributed by atoms with van der Waals surface area (Å²) < 4.78 is 1.82. The standard InChI is InChI=1S/C9H8BrN5O/c1-5-11-4-3-6(12-5)8(16)7-9(10)13-14-15(7)2/h3-4H,1-2H3. The quantitative estimate of drug-likeness (QED) is 0.765. The molecule has 0 aromatic carbocycles. The fourth-order valence-electron chi connectivity index (χ4n) is 1.28. The van der Waals surface area contributed by atoms with E-state index in [9.17, 15) is 4.79 Å². The molecule has 2 rings (SSSR count). The topological polar surface area (TPSA) is 73.6 Å². The van der Waals surface area contributed by atoms with Gasteiger partial charge in [-0.3, -0.25) is 4.79 Å². The third-order valence-electron chi connectivity index (χ3n) is 2.01. The lowest BCUT2D eigenvalue weighted by atomic mass is 10.2. The summed E-state index contributed by atoms with van der Waals surface area (Å²) in [5, 5.41) is 7.49. The Balaban J connectivity index is 2.47. The molecule has 0 saturated carbocycles. The van der Waals surface area contributed by atoms with Gasteiger partial charge in [0.2, 0.25) is 5.78 Å². The maximum Gasteiger partial charge on any atom is 0.232 e. The van der Waals surface area contributed by atoms with E-state index in [-0.39, 0.29) is 5.78 Å². The van der Waals surface area contributed by atoms with E-state index < -0.39 is 0 Å². The highest BCUT2D eigenvalue weighted by Gasteiger charge is 2.19. The van der Waals surface area contributed by atoms with Crippen molar-refractivity contribution in [1.82, 2.24) is 25.0 Å². The summed E-state index contributed by atoms with van der Waals surface area (Å²) >= 11 is 3.17. The van der Waals surface area contributed by atoms with Gasteiger partial charge in [-0.05, 0) is 28.9 Å². The Kier molecular flexibility index (Phi) is 2.78. The van der Waals surface area contributed by atoms with Gasteiger partial charge in [0.25, 0.3) is 0 Å². The van der Waals surface area contributed by atoms with Gasteiger partial charge in [-0.25, -0.2) is 14.6 Å². The monoisotopic (exact) mass is 281 g/mol. The number of hydrogen-bond donors (Lipinski definition) is 0. The lowest BCUT2D eigenvalue weighted by molar-refractivity contribution is 0.102. The van der Waals surface area contributed by atoms with Crippen LogP contribution in [0.5, 0.6) is 0 Å². The van der Waals surface area contributed by atoms with E-state index in [4.69, 9.17) is 0 Å². The lowest BCUT2D eigenvalue weighted by Crippen LogP contribution is -2.11. The second-order valence-corrected chi connectivity index (χ2v) is 3.92. The summed E-state index contributed by atoms with van der Waals surface area (Å²) in [7, 11) is 1.65. The summed E-state index contributed by atoms with van der Waals surface area (Å²) in [5.41, 5.74) is 0.705. The molecular formula is C9H8BrN5O. The summed E-state index contributed by atoms with van der Waals surface area (Å²) in [6.07, 6.45) is 1.55. The van der Waals surface area contributed by atoms with Crippen molar-refractivity contribution in [3.63, 3.8) is 0 Å². The number of hydrogen-bond acceptors (Lipinski definition) is 5. The maximum absolute atomic E-state index is 12.1. The minimum atomic E-state index is -0.232. The van der Waals surface area contributed by atoms with E-state index in [0.29, 0.717) is 21.8 Å². The molecule has 2 heterocycles. The number of rotatable bonds is 2. The number of aromatic nitrogens is 5. The molecule has 0 unspecified atom stereocenters. The van der Waals surface area contributed by atoms with Crippen LogP contribution in [0.4, 0.5) is 0 Å². The number of carbonyl (C=O) groups excluding carboxylic acids is 1. The zero-order valence-electron chi connectivity index (χ0n) is 8.68. The molecule has 0 aliphatic rings. The molecule has 0 atom stereocenters. The largest absolute Gasteiger partial charge is 0.285 e. The van der Waals surface area contributed by atoms with Crippen molar-refractivity contribution in [2.45, 2.75) is 6.92 Å². The van der Waals surface area contributed by atoms with Crippen LogP contribution in [0.15, 0.2) is 16.9 Å². The van der Waals surface area contributed by atoms with Crippen molar-refractivity contribution in [2.75, 3.05) is 0 Å². The van der Waals surface area contributed by atoms with E-state index in [1.54, 1.807) is 26.2 Å². The van der Waals surface area contributed by atoms with Gasteiger partial charge < -0.3 is 0 Å². The highest BCUT2D eigenvalue weighted by molar-refractivity contribution is 9.10. The molecule has 6 nitrogen and oxygen atoms in total. The summed E-state index contributed by atoms with van der Waals surface area (Å²) in [6, 6.07) is 1.56. The molecule has 0 radical (unpaired) electrons. The molecule has 0 aliphatic heterocycles. The number of ketones is 1. The SMILES string of the molecule is Cc1nccc(C(=O)c2c(Br)nnn2C)n1. The van der Waals surface area contributed by atoms with Crippen molar-refractivity contribution in [3.8, 4) is 0 Å². The first-order valence-corrected chi connectivity index (χ1v) is 5.28. The fraction of sp³-hybridized carbons (Fsp3) is 0.222. The van der Waals surface area contributed by atoms with Gasteiger partial charge in [0.05, 0.1) is 0 Å². The van der Waals surface area contributed by atoms with Crippen molar-refractivity contribution in [2.24, 2.45) is 7.05 Å². The Hall–Kier alpha value is -1.63. The average molecular weight is 282 g/mol. The highest BCUT2D eigenvalue weighted by Crippen LogP contribution is 2.15. The highest BCUT2D eigenvalue weighted by atomic mass is 79.9. The Morgan fingerprint density at radius 3 is 2.81 bits per heavy atom. The predicted octanol–water partition coefficient (Wildman–Crippen LogP) is 0.907. The summed E-state index contributed by atoms with van der Waals surface area (Å²) in [4.78, 5) is 20.1. The summed E-state index contributed by atoms with van der Waals surface area (Å²) in [6.45, 7) is 1.73. The molecule has 7 heteroatoms. The van der Waals surface area contributed by atoms with Crippen LogP contribution in [0.25, 0.3) is 0 Å². The van der Waals surface area contributed by atoms with Gasteiger partial charge in [0.1, 0.15) is 17.2 Å². The van der Waals surface area contributed by atoms with Crippen molar-refractivity contribution < 1.29 is 4.79 Å². The molecule has 82 valence electrons. The van der Waals surface area contributed by atoms with Gasteiger partial charge in [-0.15, -0.1) is 5.10 Å². The molecule has 16 heavy (non-hydrogen) atoms. The van der Waals surface area contributed by atoms with E-state index in [0.717, 1.165) is 0 Å². The van der Waals surface area contributed by atoms with Gasteiger partial charge in [-0.2, -0.15) is 0 Å². The van der Waals surface area contributed by atoms with Crippen LogP contribution in [0.3, 0.4) is 0 Å². The molecule has 0 aliphatic carbocycles. The van der Waals surface area contributed by atoms with E-state index in [1.165, 1.54) is 4.68 Å². The first-order chi connectivity index (χ1) is 7.59. The molecule has 2 aromatic rings. The molecule has 0 amide bonds. The van der Waals surface area contributed by atoms with E-state index in [1.807, 2.05) is 0 Å². The van der Waals surface area contributed by atoms with Gasteiger partial charge >= 0.3 is 0 Å². The van der Waals surface area contributed by atoms with Crippen LogP contribution in [-0.2, 0) is 7.05 Å². The molecule has 0 fully saturated rings. The van der Waals surface area contributed by atoms with Crippen LogP contribution in [0.2, 0.25) is 0 Å². The van der Waals surface area contributed by atoms with Crippen molar-refractivity contribution in [1.29, 1.82) is 0 Å². The Labute approximate surface area is 99.8 Å². The van der Waals surface area contributed by atoms with Crippen LogP contribution in [0.1, 0.15) is 22.0 Å². The number of nitrogens with zero attached hydrogens (tertiary/aromatic N) is 5. The van der Waals surface area contributed by atoms with Gasteiger partial charge in [-0.1, -0.05) is 5.21 Å². The molecule has 2 aromatic heterocycles. The van der Waals surface area contributed by atoms with Crippen molar-refractivity contribution in [3.05, 3.63) is 34.1 Å². The first kappa shape index (κ1) is 10.9. The fourth-order valence-corrected chi connectivity index (χ4v) is 1.78. The maximum atomic E-state index is 12.1. The molecule has 0 saturated heterocycles. The van der Waals surface area contributed by atoms with Crippen molar-refractivity contribution >= 4 is 21.7 Å². The first-order valence-electron chi connectivity index (χ1n) is 4.49. The zero-order valence-corrected chi connectivity index (χ0v) is 10.3. The van der Waals surface area contributed by atoms with E-state index in [2.05, 4.69) is 36.2 Å². The normalized spacial score (nSPS) is 10.4. The van der Waals surface area contributed by atoms with Gasteiger partial charge in [0.15, 0.2) is 4.60 Å². The minimum Gasteiger partial charge on any atom is -0.285 e. The second kappa shape index (κ2) is 4.09. The number of halogens is 1. The lowest BCUT2D eigenvalue weighted by Gasteiger charge is -2.00. The number of carbonyl (C=O) groups is 1. The molecular weight excluding hydrogens is 274 g/mol. The Morgan fingerprint density at radius 2 is 2.25 bits per heavy atom. The Morgan fingerprint density at radius 1 is 1.50 bits per heavy atom. The zero-order chi connectivity index (χ0) is 11.7.